The van der Waals surface area contributed by atoms with Crippen LogP contribution in [0.4, 0.5) is 0 Å². The number of hydrogen-bond donors (Lipinski definition) is 2. The van der Waals surface area contributed by atoms with Crippen LogP contribution in [0.1, 0.15) is 6.42 Å². The first-order chi connectivity index (χ1) is 2.41. The summed E-state index contributed by atoms with van der Waals surface area (Å²) in [6.45, 7) is 1.44. The van der Waals surface area contributed by atoms with E-state index in [1.807, 2.05) is 0 Å². The molecule has 0 saturated heterocycles. The van der Waals surface area contributed by atoms with Crippen molar-refractivity contribution in [1.82, 2.24) is 0 Å². The summed E-state index contributed by atoms with van der Waals surface area (Å²) < 4.78 is 0. The van der Waals surface area contributed by atoms with Crippen LogP contribution >= 0.6 is 0 Å². The number of rotatable bonds is 2. The van der Waals surface area contributed by atoms with Crippen molar-refractivity contribution < 1.29 is 0 Å². The minimum atomic E-state index is 0. The summed E-state index contributed by atoms with van der Waals surface area (Å²) in [7, 11) is 0. The van der Waals surface area contributed by atoms with Gasteiger partial charge in [0.15, 0.2) is 0 Å². The van der Waals surface area contributed by atoms with Gasteiger partial charge in [-0.15, -0.1) is 0 Å². The molecular formula is C3H14N2Na4. The SMILES string of the molecule is NCCCN.[NaH].[NaH].[NaH].[NaH]. The van der Waals surface area contributed by atoms with Crippen molar-refractivity contribution in [2.75, 3.05) is 13.1 Å². The van der Waals surface area contributed by atoms with Gasteiger partial charge in [0.25, 0.3) is 0 Å². The summed E-state index contributed by atoms with van der Waals surface area (Å²) in [4.78, 5) is 0. The molecule has 0 unspecified atom stereocenters. The normalized spacial score (nSPS) is 4.67. The van der Waals surface area contributed by atoms with Crippen LogP contribution in [0.5, 0.6) is 0 Å². The molecule has 0 aromatic rings. The van der Waals surface area contributed by atoms with Crippen LogP contribution in [-0.4, -0.2) is 131 Å². The van der Waals surface area contributed by atoms with Gasteiger partial charge in [-0.25, -0.2) is 0 Å². The van der Waals surface area contributed by atoms with E-state index in [0.717, 1.165) is 19.5 Å². The summed E-state index contributed by atoms with van der Waals surface area (Å²) in [6.07, 6.45) is 0.944. The zero-order chi connectivity index (χ0) is 4.12. The maximum atomic E-state index is 5.06. The fourth-order valence-corrected chi connectivity index (χ4v) is 0.118. The fraction of sp³-hybridized carbons (Fsp3) is 1.00. The zero-order valence-corrected chi connectivity index (χ0v) is 3.28. The molecular weight excluding hydrogens is 156 g/mol. The average Bonchev–Trinajstić information content (AvgIpc) is 1.41. The molecule has 0 aliphatic carbocycles. The Balaban J connectivity index is -0.0000000133. The number of nitrogens with two attached hydrogens (primary N) is 2. The molecule has 0 radical (unpaired) electrons. The molecule has 0 rings (SSSR count). The van der Waals surface area contributed by atoms with Crippen LogP contribution in [0.2, 0.25) is 0 Å². The van der Waals surface area contributed by atoms with Gasteiger partial charge in [0.1, 0.15) is 0 Å². The van der Waals surface area contributed by atoms with Gasteiger partial charge < -0.3 is 11.5 Å². The van der Waals surface area contributed by atoms with E-state index in [1.54, 1.807) is 0 Å². The molecule has 0 aliphatic heterocycles. The van der Waals surface area contributed by atoms with Gasteiger partial charge in [-0.3, -0.25) is 0 Å². The average molecular weight is 170 g/mol. The van der Waals surface area contributed by atoms with Crippen molar-refractivity contribution >= 4 is 118 Å². The monoisotopic (exact) mass is 170 g/mol. The van der Waals surface area contributed by atoms with Crippen LogP contribution in [-0.2, 0) is 0 Å². The standard InChI is InChI=1S/C3H10N2.4Na.4H/c4-2-1-3-5;;;;;;;;/h1-5H2;;;;;;;;. The Morgan fingerprint density at radius 2 is 0.889 bits per heavy atom. The van der Waals surface area contributed by atoms with E-state index in [4.69, 9.17) is 11.5 Å². The van der Waals surface area contributed by atoms with Crippen LogP contribution in [0.25, 0.3) is 0 Å². The first-order valence-electron chi connectivity index (χ1n) is 1.82. The molecule has 0 aromatic heterocycles. The molecule has 0 spiro atoms. The van der Waals surface area contributed by atoms with E-state index in [9.17, 15) is 0 Å². The molecule has 0 saturated carbocycles. The van der Waals surface area contributed by atoms with E-state index in [1.165, 1.54) is 0 Å². The van der Waals surface area contributed by atoms with Crippen LogP contribution in [0.15, 0.2) is 0 Å². The molecule has 0 fully saturated rings. The molecule has 0 heterocycles. The third-order valence-corrected chi connectivity index (χ3v) is 0.408. The van der Waals surface area contributed by atoms with Crippen molar-refractivity contribution in [3.05, 3.63) is 0 Å². The molecule has 2 nitrogen and oxygen atoms in total. The van der Waals surface area contributed by atoms with E-state index >= 15 is 0 Å². The Labute approximate surface area is 146 Å². The Morgan fingerprint density at radius 1 is 0.667 bits per heavy atom. The molecule has 6 heteroatoms. The summed E-state index contributed by atoms with van der Waals surface area (Å²) in [6, 6.07) is 0. The Kier molecular flexibility index (Phi) is 96.5. The third kappa shape index (κ3) is 33.5. The fourth-order valence-electron chi connectivity index (χ4n) is 0.118. The van der Waals surface area contributed by atoms with Crippen LogP contribution < -0.4 is 11.5 Å². The van der Waals surface area contributed by atoms with E-state index < -0.39 is 0 Å². The second-order valence-electron chi connectivity index (χ2n) is 0.931. The van der Waals surface area contributed by atoms with Crippen molar-refractivity contribution in [3.8, 4) is 0 Å². The van der Waals surface area contributed by atoms with Crippen LogP contribution in [0, 0.1) is 0 Å². The van der Waals surface area contributed by atoms with Crippen molar-refractivity contribution in [1.29, 1.82) is 0 Å². The van der Waals surface area contributed by atoms with Gasteiger partial charge in [-0.2, -0.15) is 0 Å². The van der Waals surface area contributed by atoms with Gasteiger partial charge in [0.2, 0.25) is 0 Å². The minimum absolute atomic E-state index is 0. The second kappa shape index (κ2) is 29.7. The van der Waals surface area contributed by atoms with Crippen LogP contribution in [0.3, 0.4) is 0 Å². The predicted molar refractivity (Wildman–Crippen MR) is 51.3 cm³/mol. The summed E-state index contributed by atoms with van der Waals surface area (Å²) >= 11 is 0. The Hall–Kier alpha value is 3.92. The van der Waals surface area contributed by atoms with Gasteiger partial charge in [-0.05, 0) is 19.5 Å². The molecule has 0 bridgehead atoms. The summed E-state index contributed by atoms with van der Waals surface area (Å²) in [5, 5.41) is 0. The van der Waals surface area contributed by atoms with Crippen molar-refractivity contribution in [2.45, 2.75) is 6.42 Å². The Bertz CT molecular complexity index is 21.3. The Morgan fingerprint density at radius 3 is 0.889 bits per heavy atom. The van der Waals surface area contributed by atoms with E-state index in [-0.39, 0.29) is 118 Å². The molecule has 0 aromatic carbocycles. The maximum absolute atomic E-state index is 5.06. The first-order valence-corrected chi connectivity index (χ1v) is 1.82. The molecule has 0 aliphatic rings. The van der Waals surface area contributed by atoms with Gasteiger partial charge in [0.05, 0.1) is 0 Å². The summed E-state index contributed by atoms with van der Waals surface area (Å²) in [5.41, 5.74) is 10.1. The topological polar surface area (TPSA) is 52.0 Å². The molecule has 0 amide bonds. The summed E-state index contributed by atoms with van der Waals surface area (Å²) in [5.74, 6) is 0. The van der Waals surface area contributed by atoms with Crippen molar-refractivity contribution in [2.24, 2.45) is 11.5 Å². The zero-order valence-electron chi connectivity index (χ0n) is 3.28. The van der Waals surface area contributed by atoms with E-state index in [0.29, 0.717) is 0 Å². The quantitative estimate of drug-likeness (QED) is 0.426. The van der Waals surface area contributed by atoms with E-state index in [2.05, 4.69) is 0 Å². The third-order valence-electron chi connectivity index (χ3n) is 0.408. The molecule has 9 heavy (non-hydrogen) atoms. The van der Waals surface area contributed by atoms with Gasteiger partial charge in [0, 0.05) is 0 Å². The number of hydrogen-bond acceptors (Lipinski definition) is 2. The van der Waals surface area contributed by atoms with Gasteiger partial charge in [-0.1, -0.05) is 0 Å². The molecule has 0 atom stereocenters. The molecule has 4 N–H and O–H groups in total. The predicted octanol–water partition coefficient (Wildman–Crippen LogP) is -3.30. The van der Waals surface area contributed by atoms with Gasteiger partial charge >= 0.3 is 118 Å². The molecule has 40 valence electrons. The first kappa shape index (κ1) is 29.3. The second-order valence-corrected chi connectivity index (χ2v) is 0.931. The van der Waals surface area contributed by atoms with Crippen molar-refractivity contribution in [3.63, 3.8) is 0 Å².